The van der Waals surface area contributed by atoms with E-state index in [9.17, 15) is 4.79 Å². The Morgan fingerprint density at radius 1 is 1.08 bits per heavy atom. The molecular weight excluding hydrogens is 354 g/mol. The molecule has 0 bridgehead atoms. The second-order valence-electron chi connectivity index (χ2n) is 5.35. The van der Waals surface area contributed by atoms with Crippen LogP contribution < -0.4 is 9.47 Å². The van der Waals surface area contributed by atoms with Crippen LogP contribution in [0.25, 0.3) is 6.08 Å². The summed E-state index contributed by atoms with van der Waals surface area (Å²) < 4.78 is 15.7. The smallest absolute Gasteiger partial charge is 0.363 e. The van der Waals surface area contributed by atoms with Crippen LogP contribution >= 0.6 is 11.6 Å². The maximum atomic E-state index is 12.1. The number of nitrogens with zero attached hydrogens (tertiary/aromatic N) is 1. The Bertz CT molecular complexity index is 917. The Labute approximate surface area is 156 Å². The molecule has 0 saturated carbocycles. The number of ether oxygens (including phenoxy) is 3. The molecule has 0 atom stereocenters. The van der Waals surface area contributed by atoms with Crippen molar-refractivity contribution in [3.05, 3.63) is 76.5 Å². The molecule has 132 valence electrons. The number of cyclic esters (lactones) is 1. The van der Waals surface area contributed by atoms with Crippen LogP contribution in [0.1, 0.15) is 11.1 Å². The first kappa shape index (κ1) is 17.8. The molecule has 0 N–H and O–H groups in total. The molecule has 0 aliphatic carbocycles. The van der Waals surface area contributed by atoms with E-state index in [4.69, 9.17) is 25.8 Å². The minimum Gasteiger partial charge on any atom is -0.493 e. The zero-order valence-electron chi connectivity index (χ0n) is 14.2. The van der Waals surface area contributed by atoms with Gasteiger partial charge in [0.25, 0.3) is 0 Å². The number of allylic oxidation sites excluding steroid dienone is 2. The van der Waals surface area contributed by atoms with Crippen LogP contribution in [0.2, 0.25) is 0 Å². The van der Waals surface area contributed by atoms with Gasteiger partial charge in [-0.3, -0.25) is 0 Å². The van der Waals surface area contributed by atoms with Crippen molar-refractivity contribution in [2.45, 2.75) is 0 Å². The maximum absolute atomic E-state index is 12.1. The Morgan fingerprint density at radius 3 is 2.50 bits per heavy atom. The molecular formula is C20H16ClNO4. The monoisotopic (exact) mass is 369 g/mol. The van der Waals surface area contributed by atoms with Crippen LogP contribution in [-0.2, 0) is 9.53 Å². The van der Waals surface area contributed by atoms with E-state index in [1.807, 2.05) is 30.3 Å². The number of benzene rings is 2. The van der Waals surface area contributed by atoms with Crippen molar-refractivity contribution in [1.29, 1.82) is 0 Å². The number of carbonyl (C=O) groups is 1. The third-order valence-electron chi connectivity index (χ3n) is 3.63. The second-order valence-corrected chi connectivity index (χ2v) is 5.78. The Morgan fingerprint density at radius 2 is 1.81 bits per heavy atom. The highest BCUT2D eigenvalue weighted by Gasteiger charge is 2.25. The first-order chi connectivity index (χ1) is 12.6. The number of esters is 1. The molecule has 1 aliphatic rings. The molecule has 0 aromatic heterocycles. The predicted molar refractivity (Wildman–Crippen MR) is 101 cm³/mol. The molecule has 2 aromatic rings. The maximum Gasteiger partial charge on any atom is 0.363 e. The van der Waals surface area contributed by atoms with E-state index in [2.05, 4.69) is 4.99 Å². The molecule has 0 amide bonds. The number of hydrogen-bond donors (Lipinski definition) is 0. The largest absolute Gasteiger partial charge is 0.493 e. The van der Waals surface area contributed by atoms with Gasteiger partial charge < -0.3 is 14.2 Å². The summed E-state index contributed by atoms with van der Waals surface area (Å²) in [5.41, 5.74) is 1.65. The summed E-state index contributed by atoms with van der Waals surface area (Å²) in [7, 11) is 3.08. The summed E-state index contributed by atoms with van der Waals surface area (Å²) in [6, 6.07) is 14.7. The minimum absolute atomic E-state index is 0.131. The van der Waals surface area contributed by atoms with E-state index in [1.54, 1.807) is 31.4 Å². The highest BCUT2D eigenvalue weighted by atomic mass is 35.5. The van der Waals surface area contributed by atoms with E-state index in [1.165, 1.54) is 13.2 Å². The molecule has 5 nitrogen and oxygen atoms in total. The molecule has 0 unspecified atom stereocenters. The lowest BCUT2D eigenvalue weighted by Crippen LogP contribution is -2.06. The minimum atomic E-state index is -0.561. The van der Waals surface area contributed by atoms with Gasteiger partial charge in [0.15, 0.2) is 17.2 Å². The van der Waals surface area contributed by atoms with Crippen LogP contribution in [0.3, 0.4) is 0 Å². The zero-order chi connectivity index (χ0) is 18.5. The third kappa shape index (κ3) is 3.95. The topological polar surface area (TPSA) is 57.1 Å². The molecule has 3 rings (SSSR count). The summed E-state index contributed by atoms with van der Waals surface area (Å²) in [5, 5.41) is 0.375. The normalized spacial score (nSPS) is 15.7. The first-order valence-electron chi connectivity index (χ1n) is 7.78. The van der Waals surface area contributed by atoms with Crippen molar-refractivity contribution in [1.82, 2.24) is 0 Å². The van der Waals surface area contributed by atoms with Crippen molar-refractivity contribution < 1.29 is 19.0 Å². The van der Waals surface area contributed by atoms with Crippen molar-refractivity contribution in [2.75, 3.05) is 14.2 Å². The fourth-order valence-corrected chi connectivity index (χ4v) is 2.61. The summed E-state index contributed by atoms with van der Waals surface area (Å²) in [5.74, 6) is 0.717. The number of rotatable bonds is 5. The zero-order valence-corrected chi connectivity index (χ0v) is 15.0. The third-order valence-corrected chi connectivity index (χ3v) is 3.85. The van der Waals surface area contributed by atoms with Gasteiger partial charge in [-0.05, 0) is 35.9 Å². The molecule has 1 heterocycles. The number of hydrogen-bond acceptors (Lipinski definition) is 5. The van der Waals surface area contributed by atoms with Crippen LogP contribution in [0.5, 0.6) is 11.5 Å². The summed E-state index contributed by atoms with van der Waals surface area (Å²) in [4.78, 5) is 16.3. The fourth-order valence-electron chi connectivity index (χ4n) is 2.38. The molecule has 26 heavy (non-hydrogen) atoms. The second kappa shape index (κ2) is 7.89. The first-order valence-corrected chi connectivity index (χ1v) is 8.15. The SMILES string of the molecule is COc1ccc(C2=NC(=CC(Cl)=Cc3ccccc3)C(=O)O2)cc1OC. The highest BCUT2D eigenvalue weighted by molar-refractivity contribution is 6.33. The number of carbonyl (C=O) groups excluding carboxylic acids is 1. The Kier molecular flexibility index (Phi) is 5.39. The molecule has 0 radical (unpaired) electrons. The van der Waals surface area contributed by atoms with E-state index < -0.39 is 5.97 Å². The lowest BCUT2D eigenvalue weighted by atomic mass is 10.2. The predicted octanol–water partition coefficient (Wildman–Crippen LogP) is 4.17. The highest BCUT2D eigenvalue weighted by Crippen LogP contribution is 2.29. The summed E-state index contributed by atoms with van der Waals surface area (Å²) >= 11 is 6.21. The summed E-state index contributed by atoms with van der Waals surface area (Å²) in [6.07, 6.45) is 3.22. The van der Waals surface area contributed by atoms with E-state index >= 15 is 0 Å². The average Bonchev–Trinajstić information content (AvgIpc) is 3.02. The van der Waals surface area contributed by atoms with Gasteiger partial charge in [-0.1, -0.05) is 41.9 Å². The van der Waals surface area contributed by atoms with Gasteiger partial charge in [-0.25, -0.2) is 9.79 Å². The van der Waals surface area contributed by atoms with Crippen molar-refractivity contribution in [3.8, 4) is 11.5 Å². The van der Waals surface area contributed by atoms with Gasteiger partial charge in [-0.2, -0.15) is 0 Å². The number of methoxy groups -OCH3 is 2. The Balaban J connectivity index is 1.88. The standard InChI is InChI=1S/C20H16ClNO4/c1-24-17-9-8-14(11-18(17)25-2)19-22-16(20(23)26-19)12-15(21)10-13-6-4-3-5-7-13/h3-12H,1-2H3. The van der Waals surface area contributed by atoms with Crippen LogP contribution in [0, 0.1) is 0 Å². The lowest BCUT2D eigenvalue weighted by Gasteiger charge is -2.08. The van der Waals surface area contributed by atoms with Gasteiger partial charge in [0, 0.05) is 10.6 Å². The Hall–Kier alpha value is -3.05. The van der Waals surface area contributed by atoms with E-state index in [0.717, 1.165) is 5.56 Å². The van der Waals surface area contributed by atoms with Gasteiger partial charge in [0.2, 0.25) is 5.90 Å². The number of halogens is 1. The van der Waals surface area contributed by atoms with Gasteiger partial charge >= 0.3 is 5.97 Å². The fraction of sp³-hybridized carbons (Fsp3) is 0.100. The van der Waals surface area contributed by atoms with Crippen LogP contribution in [-0.4, -0.2) is 26.1 Å². The molecule has 6 heteroatoms. The average molecular weight is 370 g/mol. The van der Waals surface area contributed by atoms with Crippen molar-refractivity contribution >= 4 is 29.5 Å². The van der Waals surface area contributed by atoms with Crippen LogP contribution in [0.4, 0.5) is 0 Å². The van der Waals surface area contributed by atoms with Crippen molar-refractivity contribution in [2.24, 2.45) is 4.99 Å². The van der Waals surface area contributed by atoms with Crippen LogP contribution in [0.15, 0.2) is 70.3 Å². The molecule has 1 aliphatic heterocycles. The van der Waals surface area contributed by atoms with Crippen molar-refractivity contribution in [3.63, 3.8) is 0 Å². The molecule has 0 saturated heterocycles. The molecule has 2 aromatic carbocycles. The van der Waals surface area contributed by atoms with E-state index in [0.29, 0.717) is 22.1 Å². The van der Waals surface area contributed by atoms with Gasteiger partial charge in [-0.15, -0.1) is 0 Å². The molecule has 0 spiro atoms. The van der Waals surface area contributed by atoms with E-state index in [-0.39, 0.29) is 11.6 Å². The van der Waals surface area contributed by atoms with Gasteiger partial charge in [0.1, 0.15) is 0 Å². The lowest BCUT2D eigenvalue weighted by molar-refractivity contribution is -0.130. The summed E-state index contributed by atoms with van der Waals surface area (Å²) in [6.45, 7) is 0. The number of aliphatic imine (C=N–C) groups is 1. The molecule has 0 fully saturated rings. The van der Waals surface area contributed by atoms with Gasteiger partial charge in [0.05, 0.1) is 14.2 Å². The quantitative estimate of drug-likeness (QED) is 0.586.